The van der Waals surface area contributed by atoms with Gasteiger partial charge in [0.05, 0.1) is 14.2 Å². The molecule has 0 aliphatic rings. The number of benzene rings is 2. The fourth-order valence-electron chi connectivity index (χ4n) is 2.10. The molecule has 0 heterocycles. The summed E-state index contributed by atoms with van der Waals surface area (Å²) in [4.78, 5) is 12.4. The van der Waals surface area contributed by atoms with Crippen LogP contribution < -0.4 is 9.47 Å². The van der Waals surface area contributed by atoms with E-state index in [0.717, 1.165) is 11.3 Å². The Morgan fingerprint density at radius 3 is 2.30 bits per heavy atom. The molecular formula is C18H18O5. The molecule has 120 valence electrons. The summed E-state index contributed by atoms with van der Waals surface area (Å²) in [5.74, 6) is 0.0106. The highest BCUT2D eigenvalue weighted by atomic mass is 16.5. The maximum Gasteiger partial charge on any atom is 0.193 e. The standard InChI is InChI=1S/C18H18O5/c1-11-15(20)10-16(23-3)17(18(11)21)14(19)9-6-12-4-7-13(22-2)8-5-12/h4-10,20-21H,1-3H3. The second-order valence-electron chi connectivity index (χ2n) is 4.92. The molecule has 0 aliphatic heterocycles. The van der Waals surface area contributed by atoms with E-state index in [4.69, 9.17) is 9.47 Å². The zero-order valence-corrected chi connectivity index (χ0v) is 13.2. The summed E-state index contributed by atoms with van der Waals surface area (Å²) in [5.41, 5.74) is 1.06. The zero-order valence-electron chi connectivity index (χ0n) is 13.2. The monoisotopic (exact) mass is 314 g/mol. The van der Waals surface area contributed by atoms with Crippen molar-refractivity contribution in [1.82, 2.24) is 0 Å². The number of hydrogen-bond acceptors (Lipinski definition) is 5. The van der Waals surface area contributed by atoms with Gasteiger partial charge in [-0.05, 0) is 30.7 Å². The van der Waals surface area contributed by atoms with E-state index < -0.39 is 5.78 Å². The van der Waals surface area contributed by atoms with Crippen LogP contribution in [0.5, 0.6) is 23.0 Å². The van der Waals surface area contributed by atoms with E-state index in [-0.39, 0.29) is 28.4 Å². The molecule has 2 aromatic rings. The number of ketones is 1. The number of hydrogen-bond donors (Lipinski definition) is 2. The van der Waals surface area contributed by atoms with Crippen LogP contribution in [0.3, 0.4) is 0 Å². The predicted molar refractivity (Wildman–Crippen MR) is 87.4 cm³/mol. The Balaban J connectivity index is 2.33. The van der Waals surface area contributed by atoms with Crippen LogP contribution >= 0.6 is 0 Å². The summed E-state index contributed by atoms with van der Waals surface area (Å²) in [6, 6.07) is 8.49. The first kappa shape index (κ1) is 16.4. The van der Waals surface area contributed by atoms with Crippen LogP contribution in [0.25, 0.3) is 6.08 Å². The van der Waals surface area contributed by atoms with E-state index >= 15 is 0 Å². The van der Waals surface area contributed by atoms with Crippen molar-refractivity contribution in [3.8, 4) is 23.0 Å². The lowest BCUT2D eigenvalue weighted by Crippen LogP contribution is -2.01. The van der Waals surface area contributed by atoms with Gasteiger partial charge in [0.25, 0.3) is 0 Å². The lowest BCUT2D eigenvalue weighted by molar-refractivity contribution is 0.104. The van der Waals surface area contributed by atoms with Crippen molar-refractivity contribution >= 4 is 11.9 Å². The van der Waals surface area contributed by atoms with Crippen LogP contribution in [0, 0.1) is 6.92 Å². The number of ether oxygens (including phenoxy) is 2. The van der Waals surface area contributed by atoms with E-state index in [2.05, 4.69) is 0 Å². The van der Waals surface area contributed by atoms with Gasteiger partial charge in [0, 0.05) is 11.6 Å². The number of carbonyl (C=O) groups excluding carboxylic acids is 1. The molecule has 0 atom stereocenters. The van der Waals surface area contributed by atoms with Gasteiger partial charge in [0.2, 0.25) is 0 Å². The second kappa shape index (κ2) is 6.87. The van der Waals surface area contributed by atoms with Crippen molar-refractivity contribution in [3.05, 3.63) is 53.1 Å². The first-order chi connectivity index (χ1) is 11.0. The summed E-state index contributed by atoms with van der Waals surface area (Å²) in [7, 11) is 2.95. The highest BCUT2D eigenvalue weighted by Crippen LogP contribution is 2.37. The van der Waals surface area contributed by atoms with Crippen LogP contribution in [-0.4, -0.2) is 30.2 Å². The maximum atomic E-state index is 12.4. The molecule has 2 rings (SSSR count). The molecule has 2 aromatic carbocycles. The fraction of sp³-hybridized carbons (Fsp3) is 0.167. The van der Waals surface area contributed by atoms with Crippen molar-refractivity contribution in [2.24, 2.45) is 0 Å². The van der Waals surface area contributed by atoms with Crippen LogP contribution in [0.1, 0.15) is 21.5 Å². The number of carbonyl (C=O) groups is 1. The number of methoxy groups -OCH3 is 2. The van der Waals surface area contributed by atoms with Gasteiger partial charge in [-0.1, -0.05) is 18.2 Å². The van der Waals surface area contributed by atoms with Gasteiger partial charge in [-0.25, -0.2) is 0 Å². The molecule has 5 heteroatoms. The van der Waals surface area contributed by atoms with Crippen molar-refractivity contribution in [1.29, 1.82) is 0 Å². The smallest absolute Gasteiger partial charge is 0.193 e. The summed E-state index contributed by atoms with van der Waals surface area (Å²) in [6.45, 7) is 1.52. The number of allylic oxidation sites excluding steroid dienone is 1. The SMILES string of the molecule is COc1ccc(C=CC(=O)c2c(OC)cc(O)c(C)c2O)cc1. The van der Waals surface area contributed by atoms with Gasteiger partial charge in [-0.15, -0.1) is 0 Å². The minimum atomic E-state index is -0.418. The fourth-order valence-corrected chi connectivity index (χ4v) is 2.10. The van der Waals surface area contributed by atoms with E-state index in [0.29, 0.717) is 0 Å². The first-order valence-electron chi connectivity index (χ1n) is 6.94. The topological polar surface area (TPSA) is 76.0 Å². The molecule has 0 saturated heterocycles. The van der Waals surface area contributed by atoms with Crippen LogP contribution in [0.2, 0.25) is 0 Å². The number of rotatable bonds is 5. The third-order valence-corrected chi connectivity index (χ3v) is 3.50. The summed E-state index contributed by atoms with van der Waals surface area (Å²) < 4.78 is 10.1. The summed E-state index contributed by atoms with van der Waals surface area (Å²) in [5, 5.41) is 19.8. The van der Waals surface area contributed by atoms with Crippen molar-refractivity contribution in [2.45, 2.75) is 6.92 Å². The zero-order chi connectivity index (χ0) is 17.0. The van der Waals surface area contributed by atoms with Gasteiger partial charge in [0.1, 0.15) is 28.6 Å². The second-order valence-corrected chi connectivity index (χ2v) is 4.92. The molecule has 2 N–H and O–H groups in total. The van der Waals surface area contributed by atoms with Crippen molar-refractivity contribution in [3.63, 3.8) is 0 Å². The van der Waals surface area contributed by atoms with Crippen LogP contribution in [0.4, 0.5) is 0 Å². The normalized spacial score (nSPS) is 10.7. The first-order valence-corrected chi connectivity index (χ1v) is 6.94. The summed E-state index contributed by atoms with van der Waals surface area (Å²) >= 11 is 0. The van der Waals surface area contributed by atoms with Crippen LogP contribution in [-0.2, 0) is 0 Å². The summed E-state index contributed by atoms with van der Waals surface area (Å²) in [6.07, 6.45) is 2.97. The van der Waals surface area contributed by atoms with Crippen molar-refractivity contribution < 1.29 is 24.5 Å². The number of aromatic hydroxyl groups is 2. The number of phenols is 2. The molecule has 0 spiro atoms. The maximum absolute atomic E-state index is 12.4. The molecule has 0 bridgehead atoms. The molecule has 0 amide bonds. The molecule has 0 unspecified atom stereocenters. The van der Waals surface area contributed by atoms with Crippen LogP contribution in [0.15, 0.2) is 36.4 Å². The Morgan fingerprint density at radius 2 is 1.74 bits per heavy atom. The molecule has 0 saturated carbocycles. The van der Waals surface area contributed by atoms with Gasteiger partial charge < -0.3 is 19.7 Å². The van der Waals surface area contributed by atoms with E-state index in [1.807, 2.05) is 12.1 Å². The molecule has 5 nitrogen and oxygen atoms in total. The Labute approximate surface area is 134 Å². The third kappa shape index (κ3) is 3.45. The average molecular weight is 314 g/mol. The Bertz CT molecular complexity index is 745. The lowest BCUT2D eigenvalue weighted by Gasteiger charge is -2.11. The predicted octanol–water partition coefficient (Wildman–Crippen LogP) is 3.32. The lowest BCUT2D eigenvalue weighted by atomic mass is 10.0. The highest BCUT2D eigenvalue weighted by molar-refractivity contribution is 6.11. The highest BCUT2D eigenvalue weighted by Gasteiger charge is 2.20. The van der Waals surface area contributed by atoms with Gasteiger partial charge in [-0.2, -0.15) is 0 Å². The van der Waals surface area contributed by atoms with Crippen molar-refractivity contribution in [2.75, 3.05) is 14.2 Å². The van der Waals surface area contributed by atoms with Gasteiger partial charge >= 0.3 is 0 Å². The minimum Gasteiger partial charge on any atom is -0.507 e. The minimum absolute atomic E-state index is 0.0209. The molecule has 0 fully saturated rings. The molecular weight excluding hydrogens is 296 g/mol. The molecule has 0 aromatic heterocycles. The Hall–Kier alpha value is -2.95. The van der Waals surface area contributed by atoms with E-state index in [1.165, 1.54) is 26.2 Å². The van der Waals surface area contributed by atoms with E-state index in [9.17, 15) is 15.0 Å². The van der Waals surface area contributed by atoms with Gasteiger partial charge in [-0.3, -0.25) is 4.79 Å². The Kier molecular flexibility index (Phi) is 4.91. The average Bonchev–Trinajstić information content (AvgIpc) is 2.57. The Morgan fingerprint density at radius 1 is 1.09 bits per heavy atom. The third-order valence-electron chi connectivity index (χ3n) is 3.50. The largest absolute Gasteiger partial charge is 0.507 e. The molecule has 23 heavy (non-hydrogen) atoms. The van der Waals surface area contributed by atoms with Gasteiger partial charge in [0.15, 0.2) is 5.78 Å². The van der Waals surface area contributed by atoms with E-state index in [1.54, 1.807) is 25.3 Å². The number of phenolic OH excluding ortho intramolecular Hbond substituents is 2. The quantitative estimate of drug-likeness (QED) is 0.654. The molecule has 0 aliphatic carbocycles. The molecule has 0 radical (unpaired) electrons.